The van der Waals surface area contributed by atoms with Crippen molar-refractivity contribution in [1.82, 2.24) is 10.3 Å². The van der Waals surface area contributed by atoms with Gasteiger partial charge in [0.05, 0.1) is 6.61 Å². The number of hydrogen-bond donors (Lipinski definition) is 2. The quantitative estimate of drug-likeness (QED) is 0.839. The van der Waals surface area contributed by atoms with Crippen molar-refractivity contribution in [1.29, 1.82) is 0 Å². The molecule has 1 atom stereocenters. The van der Waals surface area contributed by atoms with E-state index in [9.17, 15) is 5.11 Å². The van der Waals surface area contributed by atoms with Crippen molar-refractivity contribution in [2.75, 3.05) is 25.1 Å². The monoisotopic (exact) mass is 277 g/mol. The summed E-state index contributed by atoms with van der Waals surface area (Å²) in [5.74, 6) is 1.01. The van der Waals surface area contributed by atoms with Gasteiger partial charge < -0.3 is 15.3 Å². The highest BCUT2D eigenvalue weighted by Gasteiger charge is 2.22. The largest absolute Gasteiger partial charge is 0.395 e. The molecule has 1 aliphatic rings. The minimum absolute atomic E-state index is 0.185. The molecule has 0 aliphatic heterocycles. The number of nitrogens with one attached hydrogen (secondary N) is 1. The van der Waals surface area contributed by atoms with Crippen LogP contribution < -0.4 is 10.2 Å². The summed E-state index contributed by atoms with van der Waals surface area (Å²) < 4.78 is 0. The van der Waals surface area contributed by atoms with E-state index in [0.717, 1.165) is 5.82 Å². The molecule has 1 aromatic rings. The van der Waals surface area contributed by atoms with Crippen LogP contribution in [0.2, 0.25) is 0 Å². The van der Waals surface area contributed by atoms with E-state index in [1.165, 1.54) is 37.7 Å². The lowest BCUT2D eigenvalue weighted by atomic mass is 9.94. The molecule has 112 valence electrons. The Balaban J connectivity index is 2.19. The van der Waals surface area contributed by atoms with Crippen molar-refractivity contribution >= 4 is 5.82 Å². The SMILES string of the molecule is CNC(C)c1ccnc(N(CCO)C2CCCCC2)c1. The van der Waals surface area contributed by atoms with E-state index in [1.807, 2.05) is 13.2 Å². The van der Waals surface area contributed by atoms with E-state index in [4.69, 9.17) is 0 Å². The molecule has 0 amide bonds. The molecule has 0 radical (unpaired) electrons. The van der Waals surface area contributed by atoms with Gasteiger partial charge in [-0.3, -0.25) is 0 Å². The summed E-state index contributed by atoms with van der Waals surface area (Å²) in [5.41, 5.74) is 1.25. The van der Waals surface area contributed by atoms with Crippen molar-refractivity contribution in [3.63, 3.8) is 0 Å². The molecular formula is C16H27N3O. The van der Waals surface area contributed by atoms with E-state index in [2.05, 4.69) is 34.3 Å². The average Bonchev–Trinajstić information content (AvgIpc) is 2.52. The number of rotatable bonds is 6. The lowest BCUT2D eigenvalue weighted by molar-refractivity contribution is 0.289. The Hall–Kier alpha value is -1.13. The minimum atomic E-state index is 0.185. The number of aromatic nitrogens is 1. The molecule has 0 saturated heterocycles. The van der Waals surface area contributed by atoms with Crippen LogP contribution in [0.15, 0.2) is 18.3 Å². The van der Waals surface area contributed by atoms with Crippen molar-refractivity contribution in [3.8, 4) is 0 Å². The Kier molecular flexibility index (Phi) is 5.80. The Morgan fingerprint density at radius 3 is 2.80 bits per heavy atom. The van der Waals surface area contributed by atoms with Gasteiger partial charge in [0.25, 0.3) is 0 Å². The number of aliphatic hydroxyl groups is 1. The molecule has 4 nitrogen and oxygen atoms in total. The molecule has 1 aromatic heterocycles. The van der Waals surface area contributed by atoms with Crippen LogP contribution in [0.25, 0.3) is 0 Å². The predicted molar refractivity (Wildman–Crippen MR) is 83.0 cm³/mol. The third-order valence-corrected chi connectivity index (χ3v) is 4.35. The van der Waals surface area contributed by atoms with Crippen molar-refractivity contribution in [2.45, 2.75) is 51.1 Å². The van der Waals surface area contributed by atoms with Crippen LogP contribution in [0.5, 0.6) is 0 Å². The zero-order valence-corrected chi connectivity index (χ0v) is 12.7. The third kappa shape index (κ3) is 3.70. The first kappa shape index (κ1) is 15.3. The molecule has 2 N–H and O–H groups in total. The van der Waals surface area contributed by atoms with Crippen molar-refractivity contribution in [3.05, 3.63) is 23.9 Å². The van der Waals surface area contributed by atoms with Crippen molar-refractivity contribution < 1.29 is 5.11 Å². The van der Waals surface area contributed by atoms with Crippen LogP contribution in [0.3, 0.4) is 0 Å². The predicted octanol–water partition coefficient (Wildman–Crippen LogP) is 2.49. The molecule has 1 saturated carbocycles. The number of aliphatic hydroxyl groups excluding tert-OH is 1. The molecule has 1 unspecified atom stereocenters. The van der Waals surface area contributed by atoms with Crippen LogP contribution in [0.4, 0.5) is 5.82 Å². The highest BCUT2D eigenvalue weighted by atomic mass is 16.3. The van der Waals surface area contributed by atoms with E-state index < -0.39 is 0 Å². The van der Waals surface area contributed by atoms with E-state index >= 15 is 0 Å². The van der Waals surface area contributed by atoms with Crippen LogP contribution in [-0.2, 0) is 0 Å². The molecule has 1 fully saturated rings. The molecular weight excluding hydrogens is 250 g/mol. The second kappa shape index (κ2) is 7.60. The van der Waals surface area contributed by atoms with Gasteiger partial charge in [0, 0.05) is 24.8 Å². The van der Waals surface area contributed by atoms with Gasteiger partial charge in [0.2, 0.25) is 0 Å². The first-order chi connectivity index (χ1) is 9.76. The summed E-state index contributed by atoms with van der Waals surface area (Å²) in [7, 11) is 1.97. The van der Waals surface area contributed by atoms with Crippen LogP contribution >= 0.6 is 0 Å². The van der Waals surface area contributed by atoms with E-state index in [-0.39, 0.29) is 6.61 Å². The molecule has 4 heteroatoms. The van der Waals surface area contributed by atoms with Crippen molar-refractivity contribution in [2.24, 2.45) is 0 Å². The number of nitrogens with zero attached hydrogens (tertiary/aromatic N) is 2. The smallest absolute Gasteiger partial charge is 0.129 e. The molecule has 0 bridgehead atoms. The maximum Gasteiger partial charge on any atom is 0.129 e. The van der Waals surface area contributed by atoms with Crippen LogP contribution in [0, 0.1) is 0 Å². The fraction of sp³-hybridized carbons (Fsp3) is 0.688. The van der Waals surface area contributed by atoms with Gasteiger partial charge in [0.1, 0.15) is 5.82 Å². The van der Waals surface area contributed by atoms with E-state index in [0.29, 0.717) is 18.6 Å². The standard InChI is InChI=1S/C16H27N3O/c1-13(17-2)14-8-9-18-16(12-14)19(10-11-20)15-6-4-3-5-7-15/h8-9,12-13,15,17,20H,3-7,10-11H2,1-2H3. The second-order valence-electron chi connectivity index (χ2n) is 5.67. The summed E-state index contributed by atoms with van der Waals surface area (Å²) >= 11 is 0. The normalized spacial score (nSPS) is 17.9. The fourth-order valence-electron chi connectivity index (χ4n) is 3.01. The molecule has 0 aromatic carbocycles. The van der Waals surface area contributed by atoms with Gasteiger partial charge in [-0.25, -0.2) is 4.98 Å². The lowest BCUT2D eigenvalue weighted by Crippen LogP contribution is -2.39. The van der Waals surface area contributed by atoms with Crippen LogP contribution in [-0.4, -0.2) is 36.3 Å². The Labute approximate surface area is 122 Å². The first-order valence-electron chi connectivity index (χ1n) is 7.77. The summed E-state index contributed by atoms with van der Waals surface area (Å²) in [6.07, 6.45) is 8.23. The van der Waals surface area contributed by atoms with Gasteiger partial charge in [0.15, 0.2) is 0 Å². The van der Waals surface area contributed by atoms with Gasteiger partial charge in [-0.2, -0.15) is 0 Å². The Morgan fingerprint density at radius 1 is 1.40 bits per heavy atom. The molecule has 0 spiro atoms. The average molecular weight is 277 g/mol. The van der Waals surface area contributed by atoms with Crippen LogP contribution in [0.1, 0.15) is 50.6 Å². The highest BCUT2D eigenvalue weighted by Crippen LogP contribution is 2.27. The van der Waals surface area contributed by atoms with E-state index in [1.54, 1.807) is 0 Å². The second-order valence-corrected chi connectivity index (χ2v) is 5.67. The maximum absolute atomic E-state index is 9.37. The summed E-state index contributed by atoms with van der Waals surface area (Å²) in [6, 6.07) is 5.07. The van der Waals surface area contributed by atoms with Gasteiger partial charge >= 0.3 is 0 Å². The topological polar surface area (TPSA) is 48.4 Å². The highest BCUT2D eigenvalue weighted by molar-refractivity contribution is 5.43. The van der Waals surface area contributed by atoms with Gasteiger partial charge in [-0.05, 0) is 44.5 Å². The number of hydrogen-bond acceptors (Lipinski definition) is 4. The number of anilines is 1. The number of pyridine rings is 1. The fourth-order valence-corrected chi connectivity index (χ4v) is 3.01. The molecule has 20 heavy (non-hydrogen) atoms. The Morgan fingerprint density at radius 2 is 2.15 bits per heavy atom. The zero-order valence-electron chi connectivity index (χ0n) is 12.7. The third-order valence-electron chi connectivity index (χ3n) is 4.35. The minimum Gasteiger partial charge on any atom is -0.395 e. The maximum atomic E-state index is 9.37. The Bertz CT molecular complexity index is 404. The molecule has 2 rings (SSSR count). The van der Waals surface area contributed by atoms with Gasteiger partial charge in [-0.15, -0.1) is 0 Å². The zero-order chi connectivity index (χ0) is 14.4. The summed E-state index contributed by atoms with van der Waals surface area (Å²) in [6.45, 7) is 3.01. The molecule has 1 aliphatic carbocycles. The molecule has 1 heterocycles. The summed E-state index contributed by atoms with van der Waals surface area (Å²) in [5, 5.41) is 12.6. The summed E-state index contributed by atoms with van der Waals surface area (Å²) in [4.78, 5) is 6.83. The van der Waals surface area contributed by atoms with Gasteiger partial charge in [-0.1, -0.05) is 19.3 Å². The lowest BCUT2D eigenvalue weighted by Gasteiger charge is -2.35. The first-order valence-corrected chi connectivity index (χ1v) is 7.77.